The summed E-state index contributed by atoms with van der Waals surface area (Å²) in [7, 11) is 1.74. The van der Waals surface area contributed by atoms with E-state index in [0.717, 1.165) is 18.4 Å². The number of hydrogen-bond acceptors (Lipinski definition) is 5. The lowest BCUT2D eigenvalue weighted by Crippen LogP contribution is -2.36. The van der Waals surface area contributed by atoms with Crippen LogP contribution < -0.4 is 0 Å². The fourth-order valence-electron chi connectivity index (χ4n) is 3.79. The van der Waals surface area contributed by atoms with Gasteiger partial charge >= 0.3 is 6.09 Å². The molecule has 26 heavy (non-hydrogen) atoms. The molecule has 0 bridgehead atoms. The number of nitrogens with zero attached hydrogens (tertiary/aromatic N) is 3. The van der Waals surface area contributed by atoms with E-state index in [2.05, 4.69) is 5.16 Å². The van der Waals surface area contributed by atoms with Crippen LogP contribution in [0.4, 0.5) is 4.79 Å². The molecule has 2 aliphatic rings. The summed E-state index contributed by atoms with van der Waals surface area (Å²) in [5.41, 5.74) is 1.40. The first-order valence-corrected chi connectivity index (χ1v) is 8.81. The Kier molecular flexibility index (Phi) is 4.14. The molecule has 0 N–H and O–H groups in total. The van der Waals surface area contributed by atoms with Crippen LogP contribution in [0.15, 0.2) is 41.1 Å². The van der Waals surface area contributed by atoms with E-state index in [1.54, 1.807) is 16.8 Å². The van der Waals surface area contributed by atoms with E-state index in [-0.39, 0.29) is 12.0 Å². The highest BCUT2D eigenvalue weighted by Crippen LogP contribution is 2.33. The Labute approximate surface area is 151 Å². The normalized spacial score (nSPS) is 23.2. The zero-order valence-corrected chi connectivity index (χ0v) is 14.7. The van der Waals surface area contributed by atoms with Crippen molar-refractivity contribution in [3.63, 3.8) is 0 Å². The lowest BCUT2D eigenvalue weighted by atomic mass is 9.95. The maximum Gasteiger partial charge on any atom is 0.410 e. The predicted octanol–water partition coefficient (Wildman–Crippen LogP) is 2.79. The van der Waals surface area contributed by atoms with Gasteiger partial charge in [0.05, 0.1) is 6.54 Å². The van der Waals surface area contributed by atoms with Gasteiger partial charge in [0.25, 0.3) is 5.91 Å². The molecule has 4 rings (SSSR count). The molecule has 2 aliphatic heterocycles. The average molecular weight is 355 g/mol. The van der Waals surface area contributed by atoms with Crippen molar-refractivity contribution in [2.24, 2.45) is 0 Å². The molecule has 1 aromatic carbocycles. The van der Waals surface area contributed by atoms with E-state index in [0.29, 0.717) is 37.3 Å². The van der Waals surface area contributed by atoms with Gasteiger partial charge < -0.3 is 19.1 Å². The summed E-state index contributed by atoms with van der Waals surface area (Å²) in [6, 6.07) is 9.52. The quantitative estimate of drug-likeness (QED) is 0.828. The fourth-order valence-corrected chi connectivity index (χ4v) is 3.79. The van der Waals surface area contributed by atoms with Crippen molar-refractivity contribution in [2.45, 2.75) is 24.9 Å². The Hall–Kier alpha value is -2.83. The van der Waals surface area contributed by atoms with E-state index in [4.69, 9.17) is 9.26 Å². The molecule has 0 aliphatic carbocycles. The first kappa shape index (κ1) is 16.6. The van der Waals surface area contributed by atoms with Gasteiger partial charge in [0, 0.05) is 32.1 Å². The van der Waals surface area contributed by atoms with Gasteiger partial charge in [-0.15, -0.1) is 0 Å². The van der Waals surface area contributed by atoms with Gasteiger partial charge in [0.15, 0.2) is 0 Å². The number of aromatic nitrogens is 1. The third-order valence-corrected chi connectivity index (χ3v) is 5.17. The lowest BCUT2D eigenvalue weighted by molar-refractivity contribution is 0.0438. The second kappa shape index (κ2) is 6.48. The molecule has 0 saturated carbocycles. The number of ether oxygens (including phenoxy) is 1. The maximum atomic E-state index is 13.0. The number of amides is 2. The molecule has 1 spiro atoms. The Morgan fingerprint density at radius 1 is 1.19 bits per heavy atom. The van der Waals surface area contributed by atoms with Crippen LogP contribution >= 0.6 is 0 Å². The molecule has 0 radical (unpaired) electrons. The zero-order valence-electron chi connectivity index (χ0n) is 14.7. The summed E-state index contributed by atoms with van der Waals surface area (Å²) >= 11 is 0. The maximum absolute atomic E-state index is 13.0. The minimum atomic E-state index is -0.474. The van der Waals surface area contributed by atoms with E-state index < -0.39 is 5.60 Å². The highest BCUT2D eigenvalue weighted by Gasteiger charge is 2.45. The zero-order chi connectivity index (χ0) is 18.1. The summed E-state index contributed by atoms with van der Waals surface area (Å²) in [6.07, 6.45) is 3.33. The molecule has 3 heterocycles. The monoisotopic (exact) mass is 355 g/mol. The van der Waals surface area contributed by atoms with E-state index in [1.807, 2.05) is 30.3 Å². The summed E-state index contributed by atoms with van der Waals surface area (Å²) in [5, 5.41) is 4.02. The average Bonchev–Trinajstić information content (AvgIpc) is 3.17. The van der Waals surface area contributed by atoms with Gasteiger partial charge in [-0.05, 0) is 12.8 Å². The fraction of sp³-hybridized carbons (Fsp3) is 0.421. The summed E-state index contributed by atoms with van der Waals surface area (Å²) in [6.45, 7) is 1.75. The standard InChI is InChI=1S/C19H21N3O4/c1-21-13-19(26-18(21)24)8-5-10-22(11-9-19)17(23)15-12-25-20-16(15)14-6-3-2-4-7-14/h2-4,6-7,12H,5,8-11,13H2,1H3/t19-/m1/s1. The number of rotatable bonds is 2. The van der Waals surface area contributed by atoms with E-state index >= 15 is 0 Å². The first-order chi connectivity index (χ1) is 12.6. The van der Waals surface area contributed by atoms with Crippen molar-refractivity contribution in [2.75, 3.05) is 26.7 Å². The molecular weight excluding hydrogens is 334 g/mol. The summed E-state index contributed by atoms with van der Waals surface area (Å²) in [4.78, 5) is 28.2. The van der Waals surface area contributed by atoms with Crippen LogP contribution in [0.2, 0.25) is 0 Å². The van der Waals surface area contributed by atoms with Gasteiger partial charge in [-0.3, -0.25) is 4.79 Å². The van der Waals surface area contributed by atoms with Crippen molar-refractivity contribution < 1.29 is 18.8 Å². The molecule has 0 unspecified atom stereocenters. The largest absolute Gasteiger partial charge is 0.441 e. The van der Waals surface area contributed by atoms with Gasteiger partial charge in [0.1, 0.15) is 23.1 Å². The van der Waals surface area contributed by atoms with Crippen LogP contribution in [0, 0.1) is 0 Å². The van der Waals surface area contributed by atoms with Crippen molar-refractivity contribution in [1.29, 1.82) is 0 Å². The molecule has 7 nitrogen and oxygen atoms in total. The van der Waals surface area contributed by atoms with Gasteiger partial charge in [-0.1, -0.05) is 35.5 Å². The topological polar surface area (TPSA) is 75.9 Å². The van der Waals surface area contributed by atoms with Gasteiger partial charge in [-0.2, -0.15) is 0 Å². The van der Waals surface area contributed by atoms with Crippen molar-refractivity contribution in [1.82, 2.24) is 15.0 Å². The molecule has 2 amide bonds. The molecule has 2 aromatic rings. The molecule has 136 valence electrons. The Morgan fingerprint density at radius 3 is 2.73 bits per heavy atom. The predicted molar refractivity (Wildman–Crippen MR) is 93.5 cm³/mol. The van der Waals surface area contributed by atoms with Crippen LogP contribution in [0.3, 0.4) is 0 Å². The minimum absolute atomic E-state index is 0.0974. The number of hydrogen-bond donors (Lipinski definition) is 0. The Balaban J connectivity index is 1.52. The summed E-state index contributed by atoms with van der Waals surface area (Å²) in [5.74, 6) is -0.0974. The second-order valence-electron chi connectivity index (χ2n) is 7.00. The van der Waals surface area contributed by atoms with Crippen LogP contribution in [-0.2, 0) is 4.74 Å². The molecule has 7 heteroatoms. The lowest BCUT2D eigenvalue weighted by Gasteiger charge is -2.25. The number of likely N-dealkylation sites (N-methyl/N-ethyl adjacent to an activating group) is 1. The number of benzene rings is 1. The highest BCUT2D eigenvalue weighted by atomic mass is 16.6. The molecular formula is C19H21N3O4. The highest BCUT2D eigenvalue weighted by molar-refractivity contribution is 5.99. The first-order valence-electron chi connectivity index (χ1n) is 8.81. The van der Waals surface area contributed by atoms with Crippen molar-refractivity contribution in [3.8, 4) is 11.3 Å². The molecule has 2 saturated heterocycles. The molecule has 1 aromatic heterocycles. The number of carbonyl (C=O) groups is 2. The Morgan fingerprint density at radius 2 is 2.00 bits per heavy atom. The Bertz CT molecular complexity index is 819. The SMILES string of the molecule is CN1C[C@]2(CCCN(C(=O)c3conc3-c3ccccc3)CC2)OC1=O. The number of carbonyl (C=O) groups excluding carboxylic acids is 2. The molecule has 1 atom stereocenters. The number of likely N-dealkylation sites (tertiary alicyclic amines) is 1. The van der Waals surface area contributed by atoms with Gasteiger partial charge in [0.2, 0.25) is 0 Å². The van der Waals surface area contributed by atoms with Crippen molar-refractivity contribution >= 4 is 12.0 Å². The summed E-state index contributed by atoms with van der Waals surface area (Å²) < 4.78 is 10.7. The van der Waals surface area contributed by atoms with Crippen molar-refractivity contribution in [3.05, 3.63) is 42.2 Å². The minimum Gasteiger partial charge on any atom is -0.441 e. The third-order valence-electron chi connectivity index (χ3n) is 5.17. The molecule has 2 fully saturated rings. The van der Waals surface area contributed by atoms with Gasteiger partial charge in [-0.25, -0.2) is 4.79 Å². The second-order valence-corrected chi connectivity index (χ2v) is 7.00. The van der Waals surface area contributed by atoms with Crippen LogP contribution in [0.1, 0.15) is 29.6 Å². The third kappa shape index (κ3) is 2.94. The van der Waals surface area contributed by atoms with Crippen LogP contribution in [-0.4, -0.2) is 59.2 Å². The van der Waals surface area contributed by atoms with Crippen LogP contribution in [0.5, 0.6) is 0 Å². The van der Waals surface area contributed by atoms with E-state index in [1.165, 1.54) is 6.26 Å². The van der Waals surface area contributed by atoms with E-state index in [9.17, 15) is 9.59 Å². The smallest absolute Gasteiger partial charge is 0.410 e. The van der Waals surface area contributed by atoms with Crippen LogP contribution in [0.25, 0.3) is 11.3 Å².